The predicted molar refractivity (Wildman–Crippen MR) is 114 cm³/mol. The van der Waals surface area contributed by atoms with Crippen LogP contribution in [0.2, 0.25) is 10.0 Å². The highest BCUT2D eigenvalue weighted by Crippen LogP contribution is 2.28. The van der Waals surface area contributed by atoms with Gasteiger partial charge in [-0.15, -0.1) is 0 Å². The van der Waals surface area contributed by atoms with Crippen LogP contribution in [0.4, 0.5) is 0 Å². The summed E-state index contributed by atoms with van der Waals surface area (Å²) in [7, 11) is -1.61. The number of ether oxygens (including phenoxy) is 2. The van der Waals surface area contributed by atoms with Crippen LogP contribution in [0.3, 0.4) is 0 Å². The van der Waals surface area contributed by atoms with Gasteiger partial charge in [-0.3, -0.25) is 4.79 Å². The van der Waals surface area contributed by atoms with Crippen LogP contribution < -0.4 is 9.47 Å². The lowest BCUT2D eigenvalue weighted by Crippen LogP contribution is -2.38. The first-order valence-corrected chi connectivity index (χ1v) is 11.5. The summed E-state index contributed by atoms with van der Waals surface area (Å²) in [5.74, 6) is 0.658. The third kappa shape index (κ3) is 7.10. The van der Waals surface area contributed by atoms with E-state index in [9.17, 15) is 13.2 Å². The second-order valence-electron chi connectivity index (χ2n) is 6.54. The molecule has 0 aliphatic rings. The number of halogens is 2. The number of nitrogens with zero attached hydrogens (tertiary/aromatic N) is 1. The Hall–Kier alpha value is -1.96. The molecule has 29 heavy (non-hydrogen) atoms. The normalized spacial score (nSPS) is 12.3. The number of amides is 1. The summed E-state index contributed by atoms with van der Waals surface area (Å²) in [5.41, 5.74) is 0. The SMILES string of the molecule is CC(Oc1ccc(Cl)cc1Cl)C(=O)N(C)CCCOc1cccc(S(C)(=O)=O)c1. The molecule has 0 saturated heterocycles. The van der Waals surface area contributed by atoms with Gasteiger partial charge in [0.25, 0.3) is 5.91 Å². The Morgan fingerprint density at radius 3 is 2.55 bits per heavy atom. The van der Waals surface area contributed by atoms with Crippen LogP contribution in [0, 0.1) is 0 Å². The molecule has 1 amide bonds. The first-order chi connectivity index (χ1) is 13.6. The van der Waals surface area contributed by atoms with E-state index in [1.54, 1.807) is 49.2 Å². The first-order valence-electron chi connectivity index (χ1n) is 8.87. The summed E-state index contributed by atoms with van der Waals surface area (Å²) in [6, 6.07) is 11.1. The molecule has 1 atom stereocenters. The number of benzene rings is 2. The van der Waals surface area contributed by atoms with Crippen LogP contribution in [-0.2, 0) is 14.6 Å². The molecule has 1 unspecified atom stereocenters. The quantitative estimate of drug-likeness (QED) is 0.527. The highest BCUT2D eigenvalue weighted by molar-refractivity contribution is 7.90. The minimum Gasteiger partial charge on any atom is -0.493 e. The minimum atomic E-state index is -3.29. The Morgan fingerprint density at radius 2 is 1.90 bits per heavy atom. The summed E-state index contributed by atoms with van der Waals surface area (Å²) >= 11 is 11.9. The fraction of sp³-hybridized carbons (Fsp3) is 0.350. The number of likely N-dealkylation sites (N-methyl/N-ethyl adjacent to an activating group) is 1. The smallest absolute Gasteiger partial charge is 0.263 e. The maximum absolute atomic E-state index is 12.5. The Morgan fingerprint density at radius 1 is 1.17 bits per heavy atom. The van der Waals surface area contributed by atoms with Crippen LogP contribution in [0.1, 0.15) is 13.3 Å². The van der Waals surface area contributed by atoms with Crippen LogP contribution >= 0.6 is 23.2 Å². The summed E-state index contributed by atoms with van der Waals surface area (Å²) in [6.07, 6.45) is 0.999. The van der Waals surface area contributed by atoms with Gasteiger partial charge in [0.1, 0.15) is 11.5 Å². The van der Waals surface area contributed by atoms with Gasteiger partial charge in [-0.1, -0.05) is 29.3 Å². The third-order valence-corrected chi connectivity index (χ3v) is 5.70. The van der Waals surface area contributed by atoms with Crippen molar-refractivity contribution >= 4 is 38.9 Å². The van der Waals surface area contributed by atoms with E-state index in [1.165, 1.54) is 12.1 Å². The second-order valence-corrected chi connectivity index (χ2v) is 9.40. The zero-order chi connectivity index (χ0) is 21.6. The lowest BCUT2D eigenvalue weighted by Gasteiger charge is -2.22. The van der Waals surface area contributed by atoms with Crippen molar-refractivity contribution in [1.29, 1.82) is 0 Å². The average Bonchev–Trinajstić information content (AvgIpc) is 2.66. The van der Waals surface area contributed by atoms with Crippen molar-refractivity contribution in [3.63, 3.8) is 0 Å². The molecule has 0 aromatic heterocycles. The zero-order valence-corrected chi connectivity index (χ0v) is 18.7. The average molecular weight is 460 g/mol. The standard InChI is InChI=1S/C20H23Cl2NO5S/c1-14(28-19-9-8-15(21)12-18(19)22)20(24)23(2)10-5-11-27-16-6-4-7-17(13-16)29(3,25)26/h4,6-9,12-14H,5,10-11H2,1-3H3. The summed E-state index contributed by atoms with van der Waals surface area (Å²) in [5, 5.41) is 0.824. The lowest BCUT2D eigenvalue weighted by atomic mass is 10.3. The Bertz CT molecular complexity index is 965. The molecule has 0 radical (unpaired) electrons. The monoisotopic (exact) mass is 459 g/mol. The van der Waals surface area contributed by atoms with E-state index in [2.05, 4.69) is 0 Å². The number of carbonyl (C=O) groups is 1. The van der Waals surface area contributed by atoms with Crippen LogP contribution in [0.15, 0.2) is 47.4 Å². The summed E-state index contributed by atoms with van der Waals surface area (Å²) < 4.78 is 34.4. The van der Waals surface area contributed by atoms with Crippen LogP contribution in [0.5, 0.6) is 11.5 Å². The molecule has 158 valence electrons. The van der Waals surface area contributed by atoms with Gasteiger partial charge in [-0.2, -0.15) is 0 Å². The Kier molecular flexibility index (Phi) is 8.19. The van der Waals surface area contributed by atoms with Crippen molar-refractivity contribution in [3.05, 3.63) is 52.5 Å². The first kappa shape index (κ1) is 23.3. The van der Waals surface area contributed by atoms with Crippen molar-refractivity contribution < 1.29 is 22.7 Å². The van der Waals surface area contributed by atoms with Gasteiger partial charge in [0.2, 0.25) is 0 Å². The maximum atomic E-state index is 12.5. The molecular weight excluding hydrogens is 437 g/mol. The molecular formula is C20H23Cl2NO5S. The fourth-order valence-corrected chi connectivity index (χ4v) is 3.63. The van der Waals surface area contributed by atoms with Gasteiger partial charge in [0.15, 0.2) is 15.9 Å². The van der Waals surface area contributed by atoms with E-state index in [-0.39, 0.29) is 10.8 Å². The molecule has 0 saturated carbocycles. The molecule has 0 spiro atoms. The summed E-state index contributed by atoms with van der Waals surface area (Å²) in [4.78, 5) is 14.2. The van der Waals surface area contributed by atoms with Crippen molar-refractivity contribution in [2.45, 2.75) is 24.3 Å². The Labute approximate surface area is 181 Å². The van der Waals surface area contributed by atoms with Crippen molar-refractivity contribution in [3.8, 4) is 11.5 Å². The molecule has 0 N–H and O–H groups in total. The molecule has 0 fully saturated rings. The van der Waals surface area contributed by atoms with E-state index in [0.29, 0.717) is 41.1 Å². The molecule has 2 rings (SSSR count). The van der Waals surface area contributed by atoms with Gasteiger partial charge in [-0.05, 0) is 49.7 Å². The number of hydrogen-bond acceptors (Lipinski definition) is 5. The molecule has 0 aliphatic heterocycles. The third-order valence-electron chi connectivity index (χ3n) is 4.06. The van der Waals surface area contributed by atoms with E-state index in [4.69, 9.17) is 32.7 Å². The maximum Gasteiger partial charge on any atom is 0.263 e. The van der Waals surface area contributed by atoms with Gasteiger partial charge < -0.3 is 14.4 Å². The topological polar surface area (TPSA) is 72.9 Å². The van der Waals surface area contributed by atoms with E-state index in [0.717, 1.165) is 6.26 Å². The lowest BCUT2D eigenvalue weighted by molar-refractivity contribution is -0.136. The molecule has 6 nitrogen and oxygen atoms in total. The van der Waals surface area contributed by atoms with E-state index >= 15 is 0 Å². The summed E-state index contributed by atoms with van der Waals surface area (Å²) in [6.45, 7) is 2.44. The van der Waals surface area contributed by atoms with Crippen LogP contribution in [-0.4, -0.2) is 51.8 Å². The number of sulfone groups is 1. The number of carbonyl (C=O) groups excluding carboxylic acids is 1. The molecule has 0 aliphatic carbocycles. The van der Waals surface area contributed by atoms with Gasteiger partial charge in [0.05, 0.1) is 16.5 Å². The minimum absolute atomic E-state index is 0.199. The van der Waals surface area contributed by atoms with Gasteiger partial charge in [0, 0.05) is 24.9 Å². The van der Waals surface area contributed by atoms with Crippen LogP contribution in [0.25, 0.3) is 0 Å². The molecule has 9 heteroatoms. The second kappa shape index (κ2) is 10.2. The van der Waals surface area contributed by atoms with Crippen molar-refractivity contribution in [1.82, 2.24) is 4.90 Å². The van der Waals surface area contributed by atoms with Gasteiger partial charge >= 0.3 is 0 Å². The highest BCUT2D eigenvalue weighted by Gasteiger charge is 2.20. The number of hydrogen-bond donors (Lipinski definition) is 0. The largest absolute Gasteiger partial charge is 0.493 e. The van der Waals surface area contributed by atoms with E-state index < -0.39 is 15.9 Å². The van der Waals surface area contributed by atoms with Crippen molar-refractivity contribution in [2.24, 2.45) is 0 Å². The molecule has 2 aromatic rings. The predicted octanol–water partition coefficient (Wildman–Crippen LogP) is 4.09. The number of rotatable bonds is 9. The van der Waals surface area contributed by atoms with E-state index in [1.807, 2.05) is 0 Å². The zero-order valence-electron chi connectivity index (χ0n) is 16.4. The highest BCUT2D eigenvalue weighted by atomic mass is 35.5. The molecule has 0 bridgehead atoms. The van der Waals surface area contributed by atoms with Gasteiger partial charge in [-0.25, -0.2) is 8.42 Å². The molecule has 2 aromatic carbocycles. The molecule has 0 heterocycles. The Balaban J connectivity index is 1.81. The van der Waals surface area contributed by atoms with Crippen molar-refractivity contribution in [2.75, 3.05) is 26.5 Å². The fourth-order valence-electron chi connectivity index (χ4n) is 2.52.